The molecule has 18 heavy (non-hydrogen) atoms. The second-order valence-corrected chi connectivity index (χ2v) is 4.19. The van der Waals surface area contributed by atoms with Gasteiger partial charge in [-0.1, -0.05) is 11.6 Å². The molecule has 1 heterocycles. The summed E-state index contributed by atoms with van der Waals surface area (Å²) in [4.78, 5) is 11.9. The summed E-state index contributed by atoms with van der Waals surface area (Å²) in [5.41, 5.74) is 2.41. The summed E-state index contributed by atoms with van der Waals surface area (Å²) in [7, 11) is 0. The second-order valence-electron chi connectivity index (χ2n) is 4.19. The highest BCUT2D eigenvalue weighted by Crippen LogP contribution is 2.05. The van der Waals surface area contributed by atoms with Crippen molar-refractivity contribution in [2.45, 2.75) is 6.42 Å². The van der Waals surface area contributed by atoms with Gasteiger partial charge in [0.25, 0.3) is 5.91 Å². The molecular weight excluding hydrogens is 226 g/mol. The van der Waals surface area contributed by atoms with Crippen LogP contribution in [0.15, 0.2) is 35.9 Å². The number of hydrogen-bond acceptors (Lipinski definition) is 3. The van der Waals surface area contributed by atoms with Crippen LogP contribution in [-0.2, 0) is 0 Å². The third kappa shape index (κ3) is 3.19. The van der Waals surface area contributed by atoms with Gasteiger partial charge in [0.05, 0.1) is 11.6 Å². The van der Waals surface area contributed by atoms with Gasteiger partial charge in [-0.05, 0) is 37.2 Å². The standard InChI is InChI=1S/C14H15N3O/c15-9-11-1-3-13(4-2-11)14(18)17-10-12-5-7-16-8-6-12/h1-5,16H,6-8,10H2,(H,17,18). The number of rotatable bonds is 3. The number of nitriles is 1. The van der Waals surface area contributed by atoms with Gasteiger partial charge < -0.3 is 10.6 Å². The Morgan fingerprint density at radius 3 is 2.78 bits per heavy atom. The normalized spacial score (nSPS) is 14.5. The number of nitrogens with zero attached hydrogens (tertiary/aromatic N) is 1. The predicted octanol–water partition coefficient (Wildman–Crippen LogP) is 1.21. The Morgan fingerprint density at radius 1 is 1.39 bits per heavy atom. The van der Waals surface area contributed by atoms with Crippen LogP contribution in [0.2, 0.25) is 0 Å². The second kappa shape index (κ2) is 5.99. The van der Waals surface area contributed by atoms with E-state index in [9.17, 15) is 4.79 Å². The van der Waals surface area contributed by atoms with E-state index in [2.05, 4.69) is 16.7 Å². The van der Waals surface area contributed by atoms with E-state index in [0.29, 0.717) is 17.7 Å². The van der Waals surface area contributed by atoms with E-state index in [1.807, 2.05) is 6.07 Å². The van der Waals surface area contributed by atoms with Gasteiger partial charge in [-0.25, -0.2) is 0 Å². The quantitative estimate of drug-likeness (QED) is 0.782. The molecule has 0 aromatic heterocycles. The van der Waals surface area contributed by atoms with Crippen molar-refractivity contribution < 1.29 is 4.79 Å². The molecule has 0 fully saturated rings. The van der Waals surface area contributed by atoms with Crippen LogP contribution in [0.3, 0.4) is 0 Å². The highest BCUT2D eigenvalue weighted by atomic mass is 16.1. The molecule has 1 aliphatic rings. The van der Waals surface area contributed by atoms with Crippen LogP contribution in [0.5, 0.6) is 0 Å². The SMILES string of the molecule is N#Cc1ccc(C(=O)NCC2=CCNCC2)cc1. The lowest BCUT2D eigenvalue weighted by Crippen LogP contribution is -2.29. The first-order valence-electron chi connectivity index (χ1n) is 5.96. The average Bonchev–Trinajstić information content (AvgIpc) is 2.46. The molecule has 0 radical (unpaired) electrons. The number of carbonyl (C=O) groups is 1. The van der Waals surface area contributed by atoms with Crippen molar-refractivity contribution in [2.75, 3.05) is 19.6 Å². The zero-order chi connectivity index (χ0) is 12.8. The van der Waals surface area contributed by atoms with Gasteiger partial charge >= 0.3 is 0 Å². The van der Waals surface area contributed by atoms with Crippen molar-refractivity contribution in [3.8, 4) is 6.07 Å². The number of benzene rings is 1. The lowest BCUT2D eigenvalue weighted by molar-refractivity contribution is 0.0956. The van der Waals surface area contributed by atoms with Gasteiger partial charge in [-0.3, -0.25) is 4.79 Å². The van der Waals surface area contributed by atoms with Gasteiger partial charge in [0.1, 0.15) is 0 Å². The molecule has 2 rings (SSSR count). The van der Waals surface area contributed by atoms with Crippen molar-refractivity contribution in [3.63, 3.8) is 0 Å². The van der Waals surface area contributed by atoms with Gasteiger partial charge in [-0.2, -0.15) is 5.26 Å². The molecule has 0 unspecified atom stereocenters. The van der Waals surface area contributed by atoms with E-state index < -0.39 is 0 Å². The van der Waals surface area contributed by atoms with Crippen LogP contribution < -0.4 is 10.6 Å². The Labute approximate surface area is 106 Å². The van der Waals surface area contributed by atoms with Gasteiger partial charge in [0.15, 0.2) is 0 Å². The maximum absolute atomic E-state index is 11.9. The minimum atomic E-state index is -0.0982. The van der Waals surface area contributed by atoms with Crippen molar-refractivity contribution in [1.82, 2.24) is 10.6 Å². The molecule has 92 valence electrons. The molecule has 4 nitrogen and oxygen atoms in total. The Morgan fingerprint density at radius 2 is 2.17 bits per heavy atom. The summed E-state index contributed by atoms with van der Waals surface area (Å²) < 4.78 is 0. The third-order valence-corrected chi connectivity index (χ3v) is 2.91. The highest BCUT2D eigenvalue weighted by Gasteiger charge is 2.07. The first kappa shape index (κ1) is 12.3. The van der Waals surface area contributed by atoms with E-state index in [1.165, 1.54) is 5.57 Å². The topological polar surface area (TPSA) is 64.9 Å². The molecule has 0 saturated heterocycles. The van der Waals surface area contributed by atoms with Crippen molar-refractivity contribution in [3.05, 3.63) is 47.0 Å². The van der Waals surface area contributed by atoms with E-state index in [4.69, 9.17) is 5.26 Å². The maximum Gasteiger partial charge on any atom is 0.251 e. The molecule has 0 saturated carbocycles. The zero-order valence-corrected chi connectivity index (χ0v) is 10.1. The summed E-state index contributed by atoms with van der Waals surface area (Å²) in [5.74, 6) is -0.0982. The number of hydrogen-bond donors (Lipinski definition) is 2. The van der Waals surface area contributed by atoms with Crippen molar-refractivity contribution in [2.24, 2.45) is 0 Å². The molecule has 0 aliphatic carbocycles. The number of amides is 1. The minimum Gasteiger partial charge on any atom is -0.348 e. The summed E-state index contributed by atoms with van der Waals surface area (Å²) in [6.45, 7) is 2.45. The maximum atomic E-state index is 11.9. The fraction of sp³-hybridized carbons (Fsp3) is 0.286. The smallest absolute Gasteiger partial charge is 0.251 e. The fourth-order valence-corrected chi connectivity index (χ4v) is 1.82. The lowest BCUT2D eigenvalue weighted by atomic mass is 10.1. The molecule has 1 amide bonds. The Balaban J connectivity index is 1.91. The van der Waals surface area contributed by atoms with Crippen LogP contribution in [0.25, 0.3) is 0 Å². The Bertz CT molecular complexity index is 497. The van der Waals surface area contributed by atoms with Gasteiger partial charge in [0, 0.05) is 18.7 Å². The summed E-state index contributed by atoms with van der Waals surface area (Å²) in [6.07, 6.45) is 3.09. The predicted molar refractivity (Wildman–Crippen MR) is 69.1 cm³/mol. The molecular formula is C14H15N3O. The van der Waals surface area contributed by atoms with Crippen molar-refractivity contribution in [1.29, 1.82) is 5.26 Å². The zero-order valence-electron chi connectivity index (χ0n) is 10.1. The molecule has 0 atom stereocenters. The molecule has 1 aromatic rings. The van der Waals surface area contributed by atoms with Crippen molar-refractivity contribution >= 4 is 5.91 Å². The third-order valence-electron chi connectivity index (χ3n) is 2.91. The monoisotopic (exact) mass is 241 g/mol. The number of nitrogens with one attached hydrogen (secondary N) is 2. The van der Waals surface area contributed by atoms with Gasteiger partial charge in [0.2, 0.25) is 0 Å². The van der Waals surface area contributed by atoms with E-state index in [1.54, 1.807) is 24.3 Å². The Hall–Kier alpha value is -2.12. The summed E-state index contributed by atoms with van der Waals surface area (Å²) in [5, 5.41) is 14.8. The molecule has 4 heteroatoms. The largest absolute Gasteiger partial charge is 0.348 e. The Kier molecular flexibility index (Phi) is 4.11. The van der Waals surface area contributed by atoms with Crippen LogP contribution in [0.1, 0.15) is 22.3 Å². The molecule has 0 bridgehead atoms. The number of carbonyl (C=O) groups excluding carboxylic acids is 1. The average molecular weight is 241 g/mol. The lowest BCUT2D eigenvalue weighted by Gasteiger charge is -2.14. The summed E-state index contributed by atoms with van der Waals surface area (Å²) in [6, 6.07) is 8.67. The van der Waals surface area contributed by atoms with Crippen LogP contribution in [-0.4, -0.2) is 25.5 Å². The fourth-order valence-electron chi connectivity index (χ4n) is 1.82. The first-order valence-corrected chi connectivity index (χ1v) is 5.96. The van der Waals surface area contributed by atoms with E-state index >= 15 is 0 Å². The van der Waals surface area contributed by atoms with Crippen LogP contribution in [0.4, 0.5) is 0 Å². The van der Waals surface area contributed by atoms with E-state index in [-0.39, 0.29) is 5.91 Å². The summed E-state index contributed by atoms with van der Waals surface area (Å²) >= 11 is 0. The van der Waals surface area contributed by atoms with E-state index in [0.717, 1.165) is 19.5 Å². The van der Waals surface area contributed by atoms with Crippen LogP contribution in [0, 0.1) is 11.3 Å². The molecule has 1 aliphatic heterocycles. The van der Waals surface area contributed by atoms with Gasteiger partial charge in [-0.15, -0.1) is 0 Å². The molecule has 0 spiro atoms. The molecule has 1 aromatic carbocycles. The molecule has 2 N–H and O–H groups in total. The van der Waals surface area contributed by atoms with Crippen LogP contribution >= 0.6 is 0 Å². The first-order chi connectivity index (χ1) is 8.79. The highest BCUT2D eigenvalue weighted by molar-refractivity contribution is 5.94. The minimum absolute atomic E-state index is 0.0982.